The molecule has 0 radical (unpaired) electrons. The molecule has 1 N–H and O–H groups in total. The van der Waals surface area contributed by atoms with Gasteiger partial charge < -0.3 is 5.32 Å². The summed E-state index contributed by atoms with van der Waals surface area (Å²) in [6, 6.07) is 8.88. The highest BCUT2D eigenvalue weighted by Gasteiger charge is 2.18. The molecule has 0 bridgehead atoms. The monoisotopic (exact) mass is 245 g/mol. The second-order valence-electron chi connectivity index (χ2n) is 6.30. The Balaban J connectivity index is 1.87. The van der Waals surface area contributed by atoms with Crippen molar-refractivity contribution in [3.8, 4) is 0 Å². The van der Waals surface area contributed by atoms with Crippen molar-refractivity contribution in [2.24, 2.45) is 11.8 Å². The number of rotatable bonds is 4. The average molecular weight is 245 g/mol. The molecule has 18 heavy (non-hydrogen) atoms. The Labute approximate surface area is 112 Å². The fraction of sp³-hybridized carbons (Fsp3) is 0.647. The van der Waals surface area contributed by atoms with Crippen LogP contribution in [-0.4, -0.2) is 6.54 Å². The van der Waals surface area contributed by atoms with Crippen molar-refractivity contribution >= 4 is 5.69 Å². The molecule has 1 nitrogen and oxygen atoms in total. The zero-order chi connectivity index (χ0) is 13.0. The van der Waals surface area contributed by atoms with Crippen LogP contribution in [0.5, 0.6) is 0 Å². The third kappa shape index (κ3) is 3.76. The van der Waals surface area contributed by atoms with Crippen molar-refractivity contribution < 1.29 is 0 Å². The second-order valence-corrected chi connectivity index (χ2v) is 6.30. The van der Waals surface area contributed by atoms with E-state index in [0.717, 1.165) is 18.4 Å². The molecule has 1 heteroatoms. The van der Waals surface area contributed by atoms with E-state index in [1.807, 2.05) is 0 Å². The van der Waals surface area contributed by atoms with Gasteiger partial charge in [-0.3, -0.25) is 0 Å². The number of benzene rings is 1. The Morgan fingerprint density at radius 1 is 1.28 bits per heavy atom. The van der Waals surface area contributed by atoms with Gasteiger partial charge in [0.1, 0.15) is 0 Å². The summed E-state index contributed by atoms with van der Waals surface area (Å²) in [6.45, 7) is 8.04. The van der Waals surface area contributed by atoms with Crippen molar-refractivity contribution in [2.45, 2.75) is 52.4 Å². The lowest BCUT2D eigenvalue weighted by molar-refractivity contribution is 0.293. The van der Waals surface area contributed by atoms with Crippen LogP contribution in [0.25, 0.3) is 0 Å². The van der Waals surface area contributed by atoms with Gasteiger partial charge >= 0.3 is 0 Å². The number of hydrogen-bond donors (Lipinski definition) is 1. The normalized spacial score (nSPS) is 24.2. The molecule has 0 aromatic heterocycles. The van der Waals surface area contributed by atoms with E-state index in [1.165, 1.54) is 36.9 Å². The van der Waals surface area contributed by atoms with Crippen molar-refractivity contribution in [3.05, 3.63) is 29.8 Å². The summed E-state index contributed by atoms with van der Waals surface area (Å²) >= 11 is 0. The maximum Gasteiger partial charge on any atom is 0.0343 e. The van der Waals surface area contributed by atoms with Gasteiger partial charge in [0.15, 0.2) is 0 Å². The molecule has 1 aliphatic carbocycles. The van der Waals surface area contributed by atoms with Crippen LogP contribution in [0.4, 0.5) is 5.69 Å². The number of anilines is 1. The maximum absolute atomic E-state index is 3.63. The molecule has 2 atom stereocenters. The summed E-state index contributed by atoms with van der Waals surface area (Å²) in [5, 5.41) is 3.63. The molecule has 0 aliphatic heterocycles. The minimum absolute atomic E-state index is 0.612. The molecule has 1 aliphatic rings. The zero-order valence-electron chi connectivity index (χ0n) is 12.1. The number of hydrogen-bond acceptors (Lipinski definition) is 1. The summed E-state index contributed by atoms with van der Waals surface area (Å²) < 4.78 is 0. The zero-order valence-corrected chi connectivity index (χ0v) is 12.1. The van der Waals surface area contributed by atoms with Crippen LogP contribution in [0.15, 0.2) is 24.3 Å². The highest BCUT2D eigenvalue weighted by Crippen LogP contribution is 2.29. The maximum atomic E-state index is 3.63. The van der Waals surface area contributed by atoms with Crippen LogP contribution in [0, 0.1) is 11.8 Å². The standard InChI is InChI=1S/C17H27N/c1-13(2)16-8-5-9-17(11-16)18-12-15-7-4-6-14(3)10-15/h5,8-9,11,13-15,18H,4,6-7,10,12H2,1-3H3. The molecule has 1 aromatic rings. The SMILES string of the molecule is CC1CCCC(CNc2cccc(C(C)C)c2)C1. The Morgan fingerprint density at radius 2 is 2.11 bits per heavy atom. The van der Waals surface area contributed by atoms with Crippen LogP contribution >= 0.6 is 0 Å². The third-order valence-corrected chi connectivity index (χ3v) is 4.19. The molecule has 100 valence electrons. The molecular weight excluding hydrogens is 218 g/mol. The third-order valence-electron chi connectivity index (χ3n) is 4.19. The first-order valence-corrected chi connectivity index (χ1v) is 7.49. The largest absolute Gasteiger partial charge is 0.385 e. The van der Waals surface area contributed by atoms with Crippen LogP contribution in [0.2, 0.25) is 0 Å². The fourth-order valence-corrected chi connectivity index (χ4v) is 3.02. The van der Waals surface area contributed by atoms with Crippen LogP contribution in [0.3, 0.4) is 0 Å². The van der Waals surface area contributed by atoms with Crippen molar-refractivity contribution in [1.29, 1.82) is 0 Å². The molecule has 2 unspecified atom stereocenters. The summed E-state index contributed by atoms with van der Waals surface area (Å²) in [5.74, 6) is 2.41. The second kappa shape index (κ2) is 6.26. The molecular formula is C17H27N. The molecule has 0 heterocycles. The van der Waals surface area contributed by atoms with E-state index in [4.69, 9.17) is 0 Å². The van der Waals surface area contributed by atoms with Gasteiger partial charge in [0.05, 0.1) is 0 Å². The predicted molar refractivity (Wildman–Crippen MR) is 80.1 cm³/mol. The minimum atomic E-state index is 0.612. The fourth-order valence-electron chi connectivity index (χ4n) is 3.02. The van der Waals surface area contributed by atoms with E-state index in [9.17, 15) is 0 Å². The summed E-state index contributed by atoms with van der Waals surface area (Å²) in [7, 11) is 0. The highest BCUT2D eigenvalue weighted by molar-refractivity contribution is 5.46. The molecule has 1 aromatic carbocycles. The quantitative estimate of drug-likeness (QED) is 0.783. The minimum Gasteiger partial charge on any atom is -0.385 e. The Kier molecular flexibility index (Phi) is 4.68. The molecule has 0 spiro atoms. The van der Waals surface area contributed by atoms with E-state index in [2.05, 4.69) is 50.4 Å². The van der Waals surface area contributed by atoms with Crippen molar-refractivity contribution in [3.63, 3.8) is 0 Å². The van der Waals surface area contributed by atoms with Crippen LogP contribution < -0.4 is 5.32 Å². The van der Waals surface area contributed by atoms with Gasteiger partial charge in [0.2, 0.25) is 0 Å². The summed E-state index contributed by atoms with van der Waals surface area (Å²) in [4.78, 5) is 0. The molecule has 2 rings (SSSR count). The van der Waals surface area contributed by atoms with Gasteiger partial charge in [-0.1, -0.05) is 45.7 Å². The van der Waals surface area contributed by atoms with Gasteiger partial charge in [-0.15, -0.1) is 0 Å². The van der Waals surface area contributed by atoms with E-state index in [1.54, 1.807) is 0 Å². The molecule has 1 saturated carbocycles. The van der Waals surface area contributed by atoms with Crippen LogP contribution in [0.1, 0.15) is 57.9 Å². The Bertz CT molecular complexity index is 370. The average Bonchev–Trinajstić information content (AvgIpc) is 2.37. The van der Waals surface area contributed by atoms with E-state index in [0.29, 0.717) is 5.92 Å². The van der Waals surface area contributed by atoms with Crippen LogP contribution in [-0.2, 0) is 0 Å². The summed E-state index contributed by atoms with van der Waals surface area (Å²) in [6.07, 6.45) is 5.65. The first kappa shape index (κ1) is 13.5. The van der Waals surface area contributed by atoms with Crippen molar-refractivity contribution in [1.82, 2.24) is 0 Å². The van der Waals surface area contributed by atoms with Gasteiger partial charge in [0.25, 0.3) is 0 Å². The number of nitrogens with one attached hydrogen (secondary N) is 1. The molecule has 0 saturated heterocycles. The molecule has 0 amide bonds. The lowest BCUT2D eigenvalue weighted by atomic mass is 9.82. The van der Waals surface area contributed by atoms with E-state index >= 15 is 0 Å². The van der Waals surface area contributed by atoms with E-state index < -0.39 is 0 Å². The van der Waals surface area contributed by atoms with Gasteiger partial charge in [0, 0.05) is 12.2 Å². The Morgan fingerprint density at radius 3 is 2.83 bits per heavy atom. The van der Waals surface area contributed by atoms with Gasteiger partial charge in [-0.2, -0.15) is 0 Å². The summed E-state index contributed by atoms with van der Waals surface area (Å²) in [5.41, 5.74) is 2.72. The highest BCUT2D eigenvalue weighted by atomic mass is 14.9. The van der Waals surface area contributed by atoms with E-state index in [-0.39, 0.29) is 0 Å². The lowest BCUT2D eigenvalue weighted by Gasteiger charge is -2.27. The molecule has 1 fully saturated rings. The van der Waals surface area contributed by atoms with Crippen molar-refractivity contribution in [2.75, 3.05) is 11.9 Å². The Hall–Kier alpha value is -0.980. The van der Waals surface area contributed by atoms with Gasteiger partial charge in [-0.05, 0) is 48.3 Å². The lowest BCUT2D eigenvalue weighted by Crippen LogP contribution is -2.21. The van der Waals surface area contributed by atoms with Gasteiger partial charge in [-0.25, -0.2) is 0 Å². The first-order valence-electron chi connectivity index (χ1n) is 7.49. The predicted octanol–water partition coefficient (Wildman–Crippen LogP) is 5.05. The smallest absolute Gasteiger partial charge is 0.0343 e. The topological polar surface area (TPSA) is 12.0 Å². The first-order chi connectivity index (χ1) is 8.65.